The van der Waals surface area contributed by atoms with E-state index in [2.05, 4.69) is 20.8 Å². The molecule has 30 heavy (non-hydrogen) atoms. The molecule has 1 spiro atoms. The van der Waals surface area contributed by atoms with Gasteiger partial charge in [-0.1, -0.05) is 32.9 Å². The van der Waals surface area contributed by atoms with Crippen LogP contribution in [0.15, 0.2) is 24.3 Å². The SMILES string of the molecule is C[C@H]1[C@@H]([C@H](C)c2ccc(C(=O)O)cc2)O[C@@H]2O[C@@]3(C)CC[C@H]4[C@H](C)CC[C@@H]1C24OO3. The Morgan fingerprint density at radius 3 is 2.53 bits per heavy atom. The van der Waals surface area contributed by atoms with E-state index in [9.17, 15) is 9.90 Å². The summed E-state index contributed by atoms with van der Waals surface area (Å²) in [7, 11) is 0. The number of fused-ring (bicyclic) bond motifs is 2. The van der Waals surface area contributed by atoms with E-state index in [0.29, 0.717) is 23.3 Å². The summed E-state index contributed by atoms with van der Waals surface area (Å²) in [5.74, 6) is -0.101. The Hall–Kier alpha value is -1.47. The summed E-state index contributed by atoms with van der Waals surface area (Å²) >= 11 is 0. The normalized spacial score (nSPS) is 46.0. The first-order valence-electron chi connectivity index (χ1n) is 11.3. The second-order valence-electron chi connectivity index (χ2n) is 10.1. The highest BCUT2D eigenvalue weighted by Crippen LogP contribution is 2.61. The second-order valence-corrected chi connectivity index (χ2v) is 10.1. The van der Waals surface area contributed by atoms with Gasteiger partial charge in [0, 0.05) is 18.3 Å². The van der Waals surface area contributed by atoms with E-state index in [4.69, 9.17) is 19.2 Å². The molecular formula is C24H32O6. The van der Waals surface area contributed by atoms with Gasteiger partial charge in [0.2, 0.25) is 5.79 Å². The highest BCUT2D eigenvalue weighted by atomic mass is 17.3. The fraction of sp³-hybridized carbons (Fsp3) is 0.708. The molecule has 1 unspecified atom stereocenters. The fourth-order valence-corrected chi connectivity index (χ4v) is 6.62. The van der Waals surface area contributed by atoms with Crippen molar-refractivity contribution in [1.29, 1.82) is 0 Å². The molecule has 0 amide bonds. The van der Waals surface area contributed by atoms with Crippen LogP contribution in [0.2, 0.25) is 0 Å². The Morgan fingerprint density at radius 1 is 1.10 bits per heavy atom. The molecule has 0 aromatic heterocycles. The fourth-order valence-electron chi connectivity index (χ4n) is 6.62. The summed E-state index contributed by atoms with van der Waals surface area (Å²) in [5.41, 5.74) is 0.835. The molecule has 4 saturated heterocycles. The van der Waals surface area contributed by atoms with E-state index in [1.54, 1.807) is 12.1 Å². The summed E-state index contributed by atoms with van der Waals surface area (Å²) < 4.78 is 13.2. The highest BCUT2D eigenvalue weighted by molar-refractivity contribution is 5.87. The van der Waals surface area contributed by atoms with Crippen molar-refractivity contribution in [2.75, 3.05) is 0 Å². The zero-order valence-corrected chi connectivity index (χ0v) is 18.2. The Balaban J connectivity index is 1.48. The van der Waals surface area contributed by atoms with Crippen LogP contribution in [0.5, 0.6) is 0 Å². The maximum absolute atomic E-state index is 11.2. The average Bonchev–Trinajstić information content (AvgIpc) is 2.96. The third kappa shape index (κ3) is 2.88. The number of ether oxygens (including phenoxy) is 2. The summed E-state index contributed by atoms with van der Waals surface area (Å²) in [4.78, 5) is 23.3. The van der Waals surface area contributed by atoms with Gasteiger partial charge in [-0.3, -0.25) is 0 Å². The molecule has 1 aromatic carbocycles. The summed E-state index contributed by atoms with van der Waals surface area (Å²) in [6.07, 6.45) is 3.60. The number of aromatic carboxylic acids is 1. The first-order valence-corrected chi connectivity index (χ1v) is 11.3. The van der Waals surface area contributed by atoms with Crippen LogP contribution in [-0.2, 0) is 19.2 Å². The molecule has 1 saturated carbocycles. The third-order valence-corrected chi connectivity index (χ3v) is 8.39. The van der Waals surface area contributed by atoms with Crippen molar-refractivity contribution < 1.29 is 29.1 Å². The molecule has 4 heterocycles. The van der Waals surface area contributed by atoms with Gasteiger partial charge in [0.25, 0.3) is 0 Å². The molecular weight excluding hydrogens is 384 g/mol. The van der Waals surface area contributed by atoms with Crippen molar-refractivity contribution in [2.45, 2.75) is 83.1 Å². The van der Waals surface area contributed by atoms with Gasteiger partial charge in [0.05, 0.1) is 11.7 Å². The summed E-state index contributed by atoms with van der Waals surface area (Å²) in [6, 6.07) is 7.15. The first-order chi connectivity index (χ1) is 14.2. The molecule has 6 heteroatoms. The highest BCUT2D eigenvalue weighted by Gasteiger charge is 2.69. The van der Waals surface area contributed by atoms with Gasteiger partial charge in [0.1, 0.15) is 0 Å². The van der Waals surface area contributed by atoms with Crippen molar-refractivity contribution in [1.82, 2.24) is 0 Å². The Kier molecular flexibility index (Phi) is 4.78. The number of carboxylic acids is 1. The summed E-state index contributed by atoms with van der Waals surface area (Å²) in [6.45, 7) is 8.69. The average molecular weight is 417 g/mol. The quantitative estimate of drug-likeness (QED) is 0.718. The molecule has 1 aromatic rings. The number of carbonyl (C=O) groups is 1. The van der Waals surface area contributed by atoms with Crippen LogP contribution in [0.1, 0.15) is 75.2 Å². The first kappa shape index (κ1) is 20.4. The van der Waals surface area contributed by atoms with Gasteiger partial charge in [-0.15, -0.1) is 0 Å². The van der Waals surface area contributed by atoms with Gasteiger partial charge >= 0.3 is 5.97 Å². The lowest BCUT2D eigenvalue weighted by atomic mass is 9.56. The van der Waals surface area contributed by atoms with Crippen LogP contribution >= 0.6 is 0 Å². The molecule has 9 atom stereocenters. The minimum atomic E-state index is -0.908. The van der Waals surface area contributed by atoms with Gasteiger partial charge in [-0.25, -0.2) is 14.6 Å². The Morgan fingerprint density at radius 2 is 1.83 bits per heavy atom. The Labute approximate surface area is 177 Å². The van der Waals surface area contributed by atoms with E-state index in [0.717, 1.165) is 24.8 Å². The van der Waals surface area contributed by atoms with Gasteiger partial charge in [-0.2, -0.15) is 0 Å². The molecule has 5 aliphatic rings. The number of rotatable bonds is 3. The molecule has 5 fully saturated rings. The van der Waals surface area contributed by atoms with Gasteiger partial charge < -0.3 is 14.6 Å². The van der Waals surface area contributed by atoms with E-state index < -0.39 is 23.6 Å². The van der Waals surface area contributed by atoms with Crippen LogP contribution in [0.4, 0.5) is 0 Å². The Bertz CT molecular complexity index is 823. The van der Waals surface area contributed by atoms with E-state index >= 15 is 0 Å². The predicted molar refractivity (Wildman–Crippen MR) is 109 cm³/mol. The van der Waals surface area contributed by atoms with Crippen LogP contribution in [-0.4, -0.2) is 34.9 Å². The van der Waals surface area contributed by atoms with Crippen molar-refractivity contribution in [3.05, 3.63) is 35.4 Å². The van der Waals surface area contributed by atoms with Crippen LogP contribution < -0.4 is 0 Å². The zero-order valence-electron chi connectivity index (χ0n) is 18.2. The molecule has 6 nitrogen and oxygen atoms in total. The van der Waals surface area contributed by atoms with E-state index in [-0.39, 0.29) is 17.9 Å². The monoisotopic (exact) mass is 416 g/mol. The largest absolute Gasteiger partial charge is 0.478 e. The number of benzene rings is 1. The lowest BCUT2D eigenvalue weighted by molar-refractivity contribution is -0.571. The van der Waals surface area contributed by atoms with Crippen molar-refractivity contribution in [3.8, 4) is 0 Å². The minimum Gasteiger partial charge on any atom is -0.478 e. The van der Waals surface area contributed by atoms with E-state index in [1.165, 1.54) is 6.42 Å². The predicted octanol–water partition coefficient (Wildman–Crippen LogP) is 4.74. The van der Waals surface area contributed by atoms with Crippen molar-refractivity contribution >= 4 is 5.97 Å². The number of carboxylic acid groups (broad SMARTS) is 1. The molecule has 1 N–H and O–H groups in total. The molecule has 6 rings (SSSR count). The molecule has 4 aliphatic heterocycles. The van der Waals surface area contributed by atoms with Crippen molar-refractivity contribution in [2.24, 2.45) is 23.7 Å². The van der Waals surface area contributed by atoms with Crippen molar-refractivity contribution in [3.63, 3.8) is 0 Å². The minimum absolute atomic E-state index is 0.0399. The van der Waals surface area contributed by atoms with Crippen LogP contribution in [0, 0.1) is 23.7 Å². The molecule has 1 aliphatic carbocycles. The molecule has 2 bridgehead atoms. The van der Waals surface area contributed by atoms with E-state index in [1.807, 2.05) is 19.1 Å². The topological polar surface area (TPSA) is 74.2 Å². The third-order valence-electron chi connectivity index (χ3n) is 8.39. The lowest BCUT2D eigenvalue weighted by Crippen LogP contribution is -2.70. The maximum atomic E-state index is 11.2. The standard InChI is InChI=1S/C24H32O6/c1-13-5-10-19-15(3)20(14(2)16-6-8-17(9-7-16)21(25)26)27-22-24(19)18(13)11-12-23(4,28-22)29-30-24/h6-9,13-15,18-20,22H,5,10-12H2,1-4H3,(H,25,26)/t13-,14-,15-,18+,19+,20-,22-,23-,24?/m1/s1. The number of hydrogen-bond donors (Lipinski definition) is 1. The summed E-state index contributed by atoms with van der Waals surface area (Å²) in [5, 5.41) is 9.20. The van der Waals surface area contributed by atoms with Crippen LogP contribution in [0.25, 0.3) is 0 Å². The van der Waals surface area contributed by atoms with Gasteiger partial charge in [0.15, 0.2) is 11.9 Å². The maximum Gasteiger partial charge on any atom is 0.335 e. The second kappa shape index (κ2) is 7.02. The smallest absolute Gasteiger partial charge is 0.335 e. The zero-order chi connectivity index (χ0) is 21.3. The van der Waals surface area contributed by atoms with Crippen LogP contribution in [0.3, 0.4) is 0 Å². The number of hydrogen-bond acceptors (Lipinski definition) is 5. The lowest BCUT2D eigenvalue weighted by Gasteiger charge is -2.61. The van der Waals surface area contributed by atoms with Gasteiger partial charge in [-0.05, 0) is 61.6 Å². The molecule has 0 radical (unpaired) electrons. The molecule has 164 valence electrons.